The molecule has 0 aliphatic carbocycles. The summed E-state index contributed by atoms with van der Waals surface area (Å²) in [6, 6.07) is 0. The Hall–Kier alpha value is -0.580. The Morgan fingerprint density at radius 2 is 1.80 bits per heavy atom. The van der Waals surface area contributed by atoms with Crippen molar-refractivity contribution in [3.63, 3.8) is 0 Å². The number of nitrogens with zero attached hydrogens (tertiary/aromatic N) is 1. The number of hydrogen-bond donors (Lipinski definition) is 0. The van der Waals surface area contributed by atoms with Crippen molar-refractivity contribution < 1.29 is 18.0 Å². The third-order valence-electron chi connectivity index (χ3n) is 2.04. The number of halogens is 3. The number of carbonyl (C=O) groups excluding carboxylic acids is 1. The molecular formula is C10H18F3NO. The molecule has 1 fully saturated rings. The number of carbonyl (C=O) groups is 1. The molecule has 5 heteroatoms. The van der Waals surface area contributed by atoms with E-state index in [1.54, 1.807) is 0 Å². The first-order chi connectivity index (χ1) is 6.97. The SMILES string of the molecule is CC.O=C1CCCN(CC(F)(F)F)CC1. The molecule has 0 saturated carbocycles. The molecule has 15 heavy (non-hydrogen) atoms. The number of rotatable bonds is 1. The van der Waals surface area contributed by atoms with E-state index in [2.05, 4.69) is 0 Å². The maximum atomic E-state index is 11.9. The van der Waals surface area contributed by atoms with Crippen LogP contribution in [0.15, 0.2) is 0 Å². The van der Waals surface area contributed by atoms with E-state index >= 15 is 0 Å². The van der Waals surface area contributed by atoms with Gasteiger partial charge in [-0.05, 0) is 13.0 Å². The quantitative estimate of drug-likeness (QED) is 0.683. The van der Waals surface area contributed by atoms with Crippen LogP contribution in [0, 0.1) is 0 Å². The predicted molar refractivity (Wildman–Crippen MR) is 52.7 cm³/mol. The lowest BCUT2D eigenvalue weighted by molar-refractivity contribution is -0.146. The van der Waals surface area contributed by atoms with Crippen molar-refractivity contribution in [2.45, 2.75) is 39.3 Å². The third kappa shape index (κ3) is 7.36. The van der Waals surface area contributed by atoms with Gasteiger partial charge in [0.05, 0.1) is 6.54 Å². The van der Waals surface area contributed by atoms with Gasteiger partial charge < -0.3 is 0 Å². The molecule has 0 radical (unpaired) electrons. The topological polar surface area (TPSA) is 20.3 Å². The van der Waals surface area contributed by atoms with E-state index in [1.165, 1.54) is 4.90 Å². The van der Waals surface area contributed by atoms with Crippen molar-refractivity contribution in [3.05, 3.63) is 0 Å². The van der Waals surface area contributed by atoms with Gasteiger partial charge in [-0.1, -0.05) is 13.8 Å². The lowest BCUT2D eigenvalue weighted by atomic mass is 10.2. The second-order valence-corrected chi connectivity index (χ2v) is 3.28. The van der Waals surface area contributed by atoms with Crippen LogP contribution < -0.4 is 0 Å². The molecule has 0 aromatic carbocycles. The van der Waals surface area contributed by atoms with Crippen LogP contribution in [0.25, 0.3) is 0 Å². The van der Waals surface area contributed by atoms with Crippen molar-refractivity contribution in [1.29, 1.82) is 0 Å². The summed E-state index contributed by atoms with van der Waals surface area (Å²) in [6.07, 6.45) is -2.91. The molecule has 1 aliphatic rings. The summed E-state index contributed by atoms with van der Waals surface area (Å²) in [5.74, 6) is 0.0738. The molecule has 2 nitrogen and oxygen atoms in total. The van der Waals surface area contributed by atoms with Gasteiger partial charge in [-0.15, -0.1) is 0 Å². The molecule has 0 bridgehead atoms. The summed E-state index contributed by atoms with van der Waals surface area (Å²) in [5, 5.41) is 0. The average molecular weight is 225 g/mol. The van der Waals surface area contributed by atoms with Crippen LogP contribution in [-0.2, 0) is 4.79 Å². The second-order valence-electron chi connectivity index (χ2n) is 3.28. The molecule has 90 valence electrons. The van der Waals surface area contributed by atoms with E-state index in [4.69, 9.17) is 0 Å². The standard InChI is InChI=1S/C8H12F3NO.C2H6/c9-8(10,11)6-12-4-1-2-7(13)3-5-12;1-2/h1-6H2;1-2H3. The molecular weight excluding hydrogens is 207 g/mol. The Bertz CT molecular complexity index is 192. The fourth-order valence-electron chi connectivity index (χ4n) is 1.43. The normalized spacial score (nSPS) is 19.1. The molecule has 0 N–H and O–H groups in total. The number of likely N-dealkylation sites (tertiary alicyclic amines) is 1. The number of alkyl halides is 3. The van der Waals surface area contributed by atoms with Gasteiger partial charge in [-0.25, -0.2) is 0 Å². The van der Waals surface area contributed by atoms with Crippen LogP contribution >= 0.6 is 0 Å². The third-order valence-corrected chi connectivity index (χ3v) is 2.04. The van der Waals surface area contributed by atoms with Crippen molar-refractivity contribution in [2.24, 2.45) is 0 Å². The van der Waals surface area contributed by atoms with Crippen LogP contribution in [0.1, 0.15) is 33.1 Å². The molecule has 1 rings (SSSR count). The van der Waals surface area contributed by atoms with Gasteiger partial charge in [0.1, 0.15) is 5.78 Å². The summed E-state index contributed by atoms with van der Waals surface area (Å²) in [6.45, 7) is 3.74. The smallest absolute Gasteiger partial charge is 0.300 e. The van der Waals surface area contributed by atoms with E-state index in [0.29, 0.717) is 19.4 Å². The fraction of sp³-hybridized carbons (Fsp3) is 0.900. The minimum absolute atomic E-state index is 0.0738. The van der Waals surface area contributed by atoms with Gasteiger partial charge in [-0.3, -0.25) is 9.69 Å². The maximum Gasteiger partial charge on any atom is 0.401 e. The number of ketones is 1. The zero-order valence-electron chi connectivity index (χ0n) is 9.23. The number of hydrogen-bond acceptors (Lipinski definition) is 2. The van der Waals surface area contributed by atoms with Gasteiger partial charge in [0.2, 0.25) is 0 Å². The molecule has 0 amide bonds. The van der Waals surface area contributed by atoms with Crippen molar-refractivity contribution in [2.75, 3.05) is 19.6 Å². The van der Waals surface area contributed by atoms with Gasteiger partial charge in [0.15, 0.2) is 0 Å². The molecule has 1 saturated heterocycles. The highest BCUT2D eigenvalue weighted by Crippen LogP contribution is 2.18. The van der Waals surface area contributed by atoms with Crippen LogP contribution in [-0.4, -0.2) is 36.5 Å². The Kier molecular flexibility index (Phi) is 6.56. The predicted octanol–water partition coefficient (Wildman–Crippen LogP) is 2.63. The second kappa shape index (κ2) is 6.82. The van der Waals surface area contributed by atoms with Crippen LogP contribution in [0.4, 0.5) is 13.2 Å². The Morgan fingerprint density at radius 1 is 1.20 bits per heavy atom. The van der Waals surface area contributed by atoms with E-state index in [0.717, 1.165) is 0 Å². The minimum Gasteiger partial charge on any atom is -0.300 e. The molecule has 0 atom stereocenters. The van der Waals surface area contributed by atoms with Crippen molar-refractivity contribution in [3.8, 4) is 0 Å². The first-order valence-electron chi connectivity index (χ1n) is 5.28. The Labute approximate surface area is 88.4 Å². The highest BCUT2D eigenvalue weighted by atomic mass is 19.4. The molecule has 1 heterocycles. The van der Waals surface area contributed by atoms with Gasteiger partial charge >= 0.3 is 6.18 Å². The Morgan fingerprint density at radius 3 is 2.33 bits per heavy atom. The van der Waals surface area contributed by atoms with E-state index in [-0.39, 0.29) is 18.7 Å². The van der Waals surface area contributed by atoms with E-state index in [9.17, 15) is 18.0 Å². The average Bonchev–Trinajstić information content (AvgIpc) is 2.32. The molecule has 0 spiro atoms. The molecule has 0 unspecified atom stereocenters. The lowest BCUT2D eigenvalue weighted by Gasteiger charge is -2.20. The summed E-state index contributed by atoms with van der Waals surface area (Å²) in [7, 11) is 0. The van der Waals surface area contributed by atoms with E-state index < -0.39 is 12.7 Å². The number of Topliss-reactive ketones (excluding diaryl/α,β-unsaturated/α-hetero) is 1. The lowest BCUT2D eigenvalue weighted by Crippen LogP contribution is -2.34. The van der Waals surface area contributed by atoms with Crippen LogP contribution in [0.5, 0.6) is 0 Å². The highest BCUT2D eigenvalue weighted by Gasteiger charge is 2.31. The monoisotopic (exact) mass is 225 g/mol. The maximum absolute atomic E-state index is 11.9. The largest absolute Gasteiger partial charge is 0.401 e. The minimum atomic E-state index is -4.15. The first kappa shape index (κ1) is 14.4. The van der Waals surface area contributed by atoms with Gasteiger partial charge in [0.25, 0.3) is 0 Å². The fourth-order valence-corrected chi connectivity index (χ4v) is 1.43. The Balaban J connectivity index is 0.000000921. The van der Waals surface area contributed by atoms with Gasteiger partial charge in [-0.2, -0.15) is 13.2 Å². The zero-order chi connectivity index (χ0) is 11.9. The van der Waals surface area contributed by atoms with Crippen LogP contribution in [0.2, 0.25) is 0 Å². The summed E-state index contributed by atoms with van der Waals surface area (Å²) >= 11 is 0. The highest BCUT2D eigenvalue weighted by molar-refractivity contribution is 5.78. The summed E-state index contributed by atoms with van der Waals surface area (Å²) < 4.78 is 35.8. The van der Waals surface area contributed by atoms with Gasteiger partial charge in [0, 0.05) is 19.4 Å². The van der Waals surface area contributed by atoms with E-state index in [1.807, 2.05) is 13.8 Å². The molecule has 0 aromatic rings. The molecule has 1 aliphatic heterocycles. The first-order valence-corrected chi connectivity index (χ1v) is 5.28. The summed E-state index contributed by atoms with van der Waals surface area (Å²) in [4.78, 5) is 12.2. The zero-order valence-corrected chi connectivity index (χ0v) is 9.23. The van der Waals surface area contributed by atoms with Crippen LogP contribution in [0.3, 0.4) is 0 Å². The summed E-state index contributed by atoms with van der Waals surface area (Å²) in [5.41, 5.74) is 0. The molecule has 0 aromatic heterocycles. The van der Waals surface area contributed by atoms with Crippen molar-refractivity contribution in [1.82, 2.24) is 4.90 Å². The van der Waals surface area contributed by atoms with Crippen molar-refractivity contribution >= 4 is 5.78 Å².